The maximum atomic E-state index is 5.63. The van der Waals surface area contributed by atoms with Crippen molar-refractivity contribution in [2.45, 2.75) is 25.4 Å². The molecule has 0 aromatic heterocycles. The van der Waals surface area contributed by atoms with Gasteiger partial charge in [-0.3, -0.25) is 0 Å². The van der Waals surface area contributed by atoms with E-state index in [1.807, 2.05) is 0 Å². The fourth-order valence-corrected chi connectivity index (χ4v) is 2.26. The molecule has 2 aliphatic rings. The Morgan fingerprint density at radius 3 is 2.47 bits per heavy atom. The molecule has 2 heterocycles. The summed E-state index contributed by atoms with van der Waals surface area (Å²) in [7, 11) is 0. The summed E-state index contributed by atoms with van der Waals surface area (Å²) >= 11 is 0. The van der Waals surface area contributed by atoms with Gasteiger partial charge in [0.25, 0.3) is 0 Å². The topological polar surface area (TPSA) is 25.0 Å². The molecule has 0 spiro atoms. The number of piperidine rings is 1. The van der Waals surface area contributed by atoms with E-state index in [4.69, 9.17) is 9.47 Å². The largest absolute Gasteiger partial charge is 0.491 e. The van der Waals surface area contributed by atoms with E-state index >= 15 is 0 Å². The molecule has 2 fully saturated rings. The minimum absolute atomic E-state index is 0.330. The molecule has 0 radical (unpaired) electrons. The van der Waals surface area contributed by atoms with Crippen LogP contribution in [-0.4, -0.2) is 32.4 Å². The lowest BCUT2D eigenvalue weighted by Gasteiger charge is -2.28. The normalized spacial score (nSPS) is 23.5. The summed E-state index contributed by atoms with van der Waals surface area (Å²) in [6.45, 7) is 3.92. The minimum Gasteiger partial charge on any atom is -0.491 e. The van der Waals surface area contributed by atoms with Crippen LogP contribution in [0.2, 0.25) is 0 Å². The third kappa shape index (κ3) is 2.91. The molecule has 17 heavy (non-hydrogen) atoms. The second kappa shape index (κ2) is 4.96. The van der Waals surface area contributed by atoms with Gasteiger partial charge in [-0.1, -0.05) is 0 Å². The van der Waals surface area contributed by atoms with E-state index in [9.17, 15) is 0 Å². The summed E-state index contributed by atoms with van der Waals surface area (Å²) in [5.41, 5.74) is 1.32. The van der Waals surface area contributed by atoms with E-state index in [1.54, 1.807) is 0 Å². The molecule has 0 bridgehead atoms. The quantitative estimate of drug-likeness (QED) is 0.747. The summed E-state index contributed by atoms with van der Waals surface area (Å²) in [6, 6.07) is 8.45. The van der Waals surface area contributed by atoms with Gasteiger partial charge in [0.2, 0.25) is 0 Å². The Hall–Kier alpha value is -1.22. The van der Waals surface area contributed by atoms with E-state index < -0.39 is 0 Å². The van der Waals surface area contributed by atoms with Crippen molar-refractivity contribution < 1.29 is 9.47 Å². The van der Waals surface area contributed by atoms with Crippen LogP contribution in [0.4, 0.5) is 5.69 Å². The Bertz CT molecular complexity index is 353. The first-order valence-electron chi connectivity index (χ1n) is 6.51. The molecule has 3 heteroatoms. The van der Waals surface area contributed by atoms with Crippen LogP contribution in [0, 0.1) is 0 Å². The zero-order chi connectivity index (χ0) is 11.5. The van der Waals surface area contributed by atoms with Crippen molar-refractivity contribution in [3.8, 4) is 5.75 Å². The lowest BCUT2D eigenvalue weighted by atomic mass is 10.1. The number of anilines is 1. The highest BCUT2D eigenvalue weighted by Gasteiger charge is 2.23. The summed E-state index contributed by atoms with van der Waals surface area (Å²) in [6.07, 6.45) is 4.34. The number of ether oxygens (including phenoxy) is 2. The molecule has 0 amide bonds. The third-order valence-electron chi connectivity index (χ3n) is 3.40. The molecule has 92 valence electrons. The zero-order valence-electron chi connectivity index (χ0n) is 10.1. The molecule has 1 aromatic rings. The molecule has 3 rings (SSSR count). The Morgan fingerprint density at radius 1 is 1.12 bits per heavy atom. The van der Waals surface area contributed by atoms with Crippen molar-refractivity contribution in [2.24, 2.45) is 0 Å². The lowest BCUT2D eigenvalue weighted by molar-refractivity contribution is 0.263. The smallest absolute Gasteiger partial charge is 0.119 e. The third-order valence-corrected chi connectivity index (χ3v) is 3.40. The van der Waals surface area contributed by atoms with Gasteiger partial charge in [0.15, 0.2) is 0 Å². The second-order valence-corrected chi connectivity index (χ2v) is 4.81. The molecule has 1 atom stereocenters. The van der Waals surface area contributed by atoms with Crippen molar-refractivity contribution in [3.05, 3.63) is 24.3 Å². The van der Waals surface area contributed by atoms with E-state index in [-0.39, 0.29) is 0 Å². The zero-order valence-corrected chi connectivity index (χ0v) is 10.1. The first-order chi connectivity index (χ1) is 8.42. The highest BCUT2D eigenvalue weighted by molar-refractivity contribution is 5.49. The fraction of sp³-hybridized carbons (Fsp3) is 0.571. The highest BCUT2D eigenvalue weighted by atomic mass is 16.6. The number of hydrogen-bond acceptors (Lipinski definition) is 3. The van der Waals surface area contributed by atoms with Crippen LogP contribution in [0.25, 0.3) is 0 Å². The summed E-state index contributed by atoms with van der Waals surface area (Å²) in [5, 5.41) is 0. The maximum Gasteiger partial charge on any atom is 0.119 e. The predicted molar refractivity (Wildman–Crippen MR) is 67.7 cm³/mol. The average molecular weight is 233 g/mol. The number of hydrogen-bond donors (Lipinski definition) is 0. The monoisotopic (exact) mass is 233 g/mol. The minimum atomic E-state index is 0.330. The molecule has 2 saturated heterocycles. The first-order valence-corrected chi connectivity index (χ1v) is 6.51. The lowest BCUT2D eigenvalue weighted by Crippen LogP contribution is -2.29. The van der Waals surface area contributed by atoms with Crippen LogP contribution in [0.5, 0.6) is 5.75 Å². The molecule has 0 N–H and O–H groups in total. The number of benzene rings is 1. The van der Waals surface area contributed by atoms with Gasteiger partial charge in [-0.25, -0.2) is 0 Å². The van der Waals surface area contributed by atoms with Gasteiger partial charge in [0, 0.05) is 18.8 Å². The van der Waals surface area contributed by atoms with E-state index in [0.717, 1.165) is 12.4 Å². The van der Waals surface area contributed by atoms with Crippen molar-refractivity contribution in [2.75, 3.05) is 31.2 Å². The molecular formula is C14H19NO2. The predicted octanol–water partition coefficient (Wildman–Crippen LogP) is 2.45. The van der Waals surface area contributed by atoms with Crippen LogP contribution in [0.3, 0.4) is 0 Å². The van der Waals surface area contributed by atoms with Crippen molar-refractivity contribution in [3.63, 3.8) is 0 Å². The van der Waals surface area contributed by atoms with E-state index in [2.05, 4.69) is 29.2 Å². The van der Waals surface area contributed by atoms with Crippen molar-refractivity contribution in [1.29, 1.82) is 0 Å². The van der Waals surface area contributed by atoms with Gasteiger partial charge in [-0.05, 0) is 43.5 Å². The summed E-state index contributed by atoms with van der Waals surface area (Å²) in [5.74, 6) is 0.946. The molecule has 0 aliphatic carbocycles. The Morgan fingerprint density at radius 2 is 1.82 bits per heavy atom. The van der Waals surface area contributed by atoms with Crippen LogP contribution < -0.4 is 9.64 Å². The van der Waals surface area contributed by atoms with E-state index in [1.165, 1.54) is 38.0 Å². The standard InChI is InChI=1S/C14H19NO2/c1-2-8-15(9-3-1)12-4-6-13(7-5-12)16-10-14-11-17-14/h4-7,14H,1-3,8-11H2. The van der Waals surface area contributed by atoms with Gasteiger partial charge < -0.3 is 14.4 Å². The van der Waals surface area contributed by atoms with Gasteiger partial charge in [-0.2, -0.15) is 0 Å². The van der Waals surface area contributed by atoms with E-state index in [0.29, 0.717) is 12.7 Å². The van der Waals surface area contributed by atoms with Gasteiger partial charge in [0.05, 0.1) is 6.61 Å². The molecule has 1 unspecified atom stereocenters. The summed E-state index contributed by atoms with van der Waals surface area (Å²) < 4.78 is 10.7. The van der Waals surface area contributed by atoms with Crippen LogP contribution in [0.1, 0.15) is 19.3 Å². The molecule has 1 aromatic carbocycles. The second-order valence-electron chi connectivity index (χ2n) is 4.81. The summed E-state index contributed by atoms with van der Waals surface area (Å²) in [4.78, 5) is 2.46. The van der Waals surface area contributed by atoms with Gasteiger partial charge in [0.1, 0.15) is 18.5 Å². The average Bonchev–Trinajstić information content (AvgIpc) is 3.22. The fourth-order valence-electron chi connectivity index (χ4n) is 2.26. The Balaban J connectivity index is 1.58. The first kappa shape index (κ1) is 10.9. The van der Waals surface area contributed by atoms with Crippen LogP contribution in [-0.2, 0) is 4.74 Å². The maximum absolute atomic E-state index is 5.63. The van der Waals surface area contributed by atoms with Crippen molar-refractivity contribution >= 4 is 5.69 Å². The molecule has 2 aliphatic heterocycles. The Kier molecular flexibility index (Phi) is 3.18. The van der Waals surface area contributed by atoms with Gasteiger partial charge >= 0.3 is 0 Å². The van der Waals surface area contributed by atoms with Crippen LogP contribution >= 0.6 is 0 Å². The Labute approximate surface area is 102 Å². The number of epoxide rings is 1. The molecular weight excluding hydrogens is 214 g/mol. The number of nitrogens with zero attached hydrogens (tertiary/aromatic N) is 1. The van der Waals surface area contributed by atoms with Crippen molar-refractivity contribution in [1.82, 2.24) is 0 Å². The molecule has 3 nitrogen and oxygen atoms in total. The highest BCUT2D eigenvalue weighted by Crippen LogP contribution is 2.23. The van der Waals surface area contributed by atoms with Gasteiger partial charge in [-0.15, -0.1) is 0 Å². The van der Waals surface area contributed by atoms with Crippen LogP contribution in [0.15, 0.2) is 24.3 Å². The molecule has 0 saturated carbocycles. The number of rotatable bonds is 4. The SMILES string of the molecule is c1cc(N2CCCCC2)ccc1OCC1CO1.